The van der Waals surface area contributed by atoms with Gasteiger partial charge in [-0.15, -0.1) is 0 Å². The second-order valence-corrected chi connectivity index (χ2v) is 6.22. The van der Waals surface area contributed by atoms with Crippen LogP contribution in [0.1, 0.15) is 19.4 Å². The minimum atomic E-state index is 0.304. The van der Waals surface area contributed by atoms with Crippen LogP contribution in [0.25, 0.3) is 10.9 Å². The van der Waals surface area contributed by atoms with Crippen LogP contribution in [0.15, 0.2) is 35.5 Å². The first-order valence-corrected chi connectivity index (χ1v) is 8.35. The highest BCUT2D eigenvalue weighted by Gasteiger charge is 2.22. The van der Waals surface area contributed by atoms with Crippen LogP contribution in [0.4, 0.5) is 0 Å². The van der Waals surface area contributed by atoms with Gasteiger partial charge in [-0.2, -0.15) is 11.8 Å². The number of fused-ring (bicyclic) bond motifs is 1. The average Bonchev–Trinajstić information content (AvgIpc) is 3.09. The third-order valence-corrected chi connectivity index (χ3v) is 4.62. The summed E-state index contributed by atoms with van der Waals surface area (Å²) in [6, 6.07) is 8.76. The van der Waals surface area contributed by atoms with Crippen LogP contribution in [0, 0.1) is 0 Å². The second-order valence-electron chi connectivity index (χ2n) is 4.90. The molecule has 20 heavy (non-hydrogen) atoms. The zero-order valence-electron chi connectivity index (χ0n) is 12.0. The number of aryl methyl sites for hydroxylation is 1. The minimum absolute atomic E-state index is 0.304. The summed E-state index contributed by atoms with van der Waals surface area (Å²) in [5.74, 6) is 3.00. The quantitative estimate of drug-likeness (QED) is 0.841. The summed E-state index contributed by atoms with van der Waals surface area (Å²) >= 11 is 1.92. The fourth-order valence-corrected chi connectivity index (χ4v) is 3.26. The van der Waals surface area contributed by atoms with Gasteiger partial charge in [-0.3, -0.25) is 0 Å². The van der Waals surface area contributed by atoms with Gasteiger partial charge in [0.15, 0.2) is 0 Å². The number of benzene rings is 1. The molecular formula is C16H20N2OS. The van der Waals surface area contributed by atoms with Gasteiger partial charge in [0.1, 0.15) is 6.61 Å². The van der Waals surface area contributed by atoms with Crippen LogP contribution in [0.2, 0.25) is 0 Å². The van der Waals surface area contributed by atoms with E-state index in [1.54, 1.807) is 0 Å². The van der Waals surface area contributed by atoms with Crippen molar-refractivity contribution in [2.75, 3.05) is 18.1 Å². The Morgan fingerprint density at radius 3 is 3.00 bits per heavy atom. The van der Waals surface area contributed by atoms with Gasteiger partial charge in [0.05, 0.1) is 11.6 Å². The average molecular weight is 288 g/mol. The molecule has 0 amide bonds. The first-order chi connectivity index (χ1) is 9.83. The van der Waals surface area contributed by atoms with Crippen molar-refractivity contribution in [1.29, 1.82) is 0 Å². The Balaban J connectivity index is 1.95. The largest absolute Gasteiger partial charge is 0.475 e. The normalized spacial score (nSPS) is 18.3. The molecule has 1 atom stereocenters. The predicted octanol–water partition coefficient (Wildman–Crippen LogP) is 3.56. The Kier molecular flexibility index (Phi) is 4.01. The molecule has 2 heterocycles. The summed E-state index contributed by atoms with van der Waals surface area (Å²) < 4.78 is 8.09. The monoisotopic (exact) mass is 288 g/mol. The predicted molar refractivity (Wildman–Crippen MR) is 86.9 cm³/mol. The van der Waals surface area contributed by atoms with E-state index >= 15 is 0 Å². The van der Waals surface area contributed by atoms with E-state index in [1.807, 2.05) is 11.8 Å². The van der Waals surface area contributed by atoms with Crippen molar-refractivity contribution in [1.82, 2.24) is 4.57 Å². The van der Waals surface area contributed by atoms with Crippen LogP contribution in [-0.4, -0.2) is 34.6 Å². The topological polar surface area (TPSA) is 26.5 Å². The van der Waals surface area contributed by atoms with Gasteiger partial charge in [0.25, 0.3) is 0 Å². The van der Waals surface area contributed by atoms with Crippen molar-refractivity contribution in [3.8, 4) is 0 Å². The highest BCUT2D eigenvalue weighted by Crippen LogP contribution is 2.25. The van der Waals surface area contributed by atoms with Crippen molar-refractivity contribution < 1.29 is 4.74 Å². The fourth-order valence-electron chi connectivity index (χ4n) is 2.58. The molecule has 4 heteroatoms. The number of nitrogens with zero attached hydrogens (tertiary/aromatic N) is 2. The number of aliphatic imine (C=N–C) groups is 1. The number of hydrogen-bond donors (Lipinski definition) is 0. The Hall–Kier alpha value is -1.42. The molecule has 0 fully saturated rings. The molecule has 3 nitrogen and oxygen atoms in total. The number of para-hydroxylation sites is 1. The Labute approximate surface area is 124 Å². The van der Waals surface area contributed by atoms with Crippen molar-refractivity contribution >= 4 is 28.6 Å². The summed E-state index contributed by atoms with van der Waals surface area (Å²) in [7, 11) is 0. The molecule has 1 aliphatic heterocycles. The number of hydrogen-bond acceptors (Lipinski definition) is 3. The number of thioether (sulfide) groups is 1. The number of rotatable bonds is 5. The molecule has 3 rings (SSSR count). The lowest BCUT2D eigenvalue weighted by Crippen LogP contribution is -2.09. The number of ether oxygens (including phenoxy) is 1. The van der Waals surface area contributed by atoms with Crippen molar-refractivity contribution in [3.05, 3.63) is 36.0 Å². The zero-order valence-corrected chi connectivity index (χ0v) is 12.8. The summed E-state index contributed by atoms with van der Waals surface area (Å²) in [5, 5.41) is 1.23. The van der Waals surface area contributed by atoms with E-state index in [1.165, 1.54) is 10.9 Å². The van der Waals surface area contributed by atoms with Gasteiger partial charge in [0, 0.05) is 29.4 Å². The van der Waals surface area contributed by atoms with Crippen LogP contribution < -0.4 is 0 Å². The van der Waals surface area contributed by atoms with Crippen LogP contribution in [0.3, 0.4) is 0 Å². The van der Waals surface area contributed by atoms with Crippen molar-refractivity contribution in [2.24, 2.45) is 4.99 Å². The van der Waals surface area contributed by atoms with E-state index in [4.69, 9.17) is 9.73 Å². The van der Waals surface area contributed by atoms with Gasteiger partial charge < -0.3 is 9.30 Å². The standard InChI is InChI=1S/C16H20N2OS/c1-3-18-9-14(13-7-5-6-8-15(13)18)16-17-12(10-19-16)11-20-4-2/h5-9,12H,3-4,10-11H2,1-2H3/t12-/m1/s1. The van der Waals surface area contributed by atoms with E-state index in [0.717, 1.165) is 29.5 Å². The Morgan fingerprint density at radius 2 is 2.20 bits per heavy atom. The maximum atomic E-state index is 5.84. The van der Waals surface area contributed by atoms with Crippen molar-refractivity contribution in [2.45, 2.75) is 26.4 Å². The third kappa shape index (κ3) is 2.44. The maximum absolute atomic E-state index is 5.84. The van der Waals surface area contributed by atoms with Gasteiger partial charge in [0.2, 0.25) is 5.90 Å². The van der Waals surface area contributed by atoms with Gasteiger partial charge in [-0.05, 0) is 18.7 Å². The molecule has 1 aliphatic rings. The van der Waals surface area contributed by atoms with Crippen molar-refractivity contribution in [3.63, 3.8) is 0 Å². The van der Waals surface area contributed by atoms with Gasteiger partial charge in [-0.1, -0.05) is 25.1 Å². The van der Waals surface area contributed by atoms with E-state index in [-0.39, 0.29) is 0 Å². The molecule has 0 saturated carbocycles. The molecule has 0 spiro atoms. The van der Waals surface area contributed by atoms with Gasteiger partial charge >= 0.3 is 0 Å². The van der Waals surface area contributed by atoms with Crippen LogP contribution in [-0.2, 0) is 11.3 Å². The molecule has 1 aromatic carbocycles. The molecule has 0 N–H and O–H groups in total. The molecule has 0 radical (unpaired) electrons. The lowest BCUT2D eigenvalue weighted by Gasteiger charge is -2.01. The van der Waals surface area contributed by atoms with E-state index in [2.05, 4.69) is 48.9 Å². The third-order valence-electron chi connectivity index (χ3n) is 3.59. The zero-order chi connectivity index (χ0) is 13.9. The first kappa shape index (κ1) is 13.6. The smallest absolute Gasteiger partial charge is 0.218 e. The second kappa shape index (κ2) is 5.92. The van der Waals surface area contributed by atoms with E-state index < -0.39 is 0 Å². The molecule has 0 aliphatic carbocycles. The fraction of sp³-hybridized carbons (Fsp3) is 0.438. The van der Waals surface area contributed by atoms with Gasteiger partial charge in [-0.25, -0.2) is 4.99 Å². The molecular weight excluding hydrogens is 268 g/mol. The van der Waals surface area contributed by atoms with E-state index in [9.17, 15) is 0 Å². The molecule has 1 aromatic heterocycles. The molecule has 106 valence electrons. The molecule has 2 aromatic rings. The Morgan fingerprint density at radius 1 is 1.35 bits per heavy atom. The van der Waals surface area contributed by atoms with E-state index in [0.29, 0.717) is 12.6 Å². The molecule has 0 saturated heterocycles. The first-order valence-electron chi connectivity index (χ1n) is 7.20. The highest BCUT2D eigenvalue weighted by molar-refractivity contribution is 7.99. The summed E-state index contributed by atoms with van der Waals surface area (Å²) in [4.78, 5) is 4.75. The maximum Gasteiger partial charge on any atom is 0.218 e. The summed E-state index contributed by atoms with van der Waals surface area (Å²) in [5.41, 5.74) is 2.38. The lowest BCUT2D eigenvalue weighted by molar-refractivity contribution is 0.325. The Bertz CT molecular complexity index is 632. The highest BCUT2D eigenvalue weighted by atomic mass is 32.2. The minimum Gasteiger partial charge on any atom is -0.475 e. The number of aromatic nitrogens is 1. The summed E-state index contributed by atoms with van der Waals surface area (Å²) in [6.07, 6.45) is 2.17. The molecule has 0 unspecified atom stereocenters. The van der Waals surface area contributed by atoms with Crippen LogP contribution in [0.5, 0.6) is 0 Å². The lowest BCUT2D eigenvalue weighted by atomic mass is 10.2. The SMILES string of the molecule is CCSC[C@H]1COC(c2cn(CC)c3ccccc23)=N1. The molecule has 0 bridgehead atoms. The van der Waals surface area contributed by atoms with Crippen LogP contribution >= 0.6 is 11.8 Å². The summed E-state index contributed by atoms with van der Waals surface area (Å²) in [6.45, 7) is 6.02.